The van der Waals surface area contributed by atoms with Crippen LogP contribution < -0.4 is 5.32 Å². The number of aromatic nitrogens is 2. The highest BCUT2D eigenvalue weighted by atomic mass is 16.5. The van der Waals surface area contributed by atoms with Crippen LogP contribution in [0.25, 0.3) is 0 Å². The molecule has 0 radical (unpaired) electrons. The number of nitrogens with zero attached hydrogens (tertiary/aromatic N) is 2. The van der Waals surface area contributed by atoms with Crippen molar-refractivity contribution in [3.63, 3.8) is 0 Å². The SMILES string of the molecule is CC(C)c1noc(CCC(=O)NC2CCCCCC2)n1. The van der Waals surface area contributed by atoms with Gasteiger partial charge in [-0.15, -0.1) is 0 Å². The third-order valence-electron chi connectivity index (χ3n) is 3.79. The van der Waals surface area contributed by atoms with Crippen LogP contribution in [-0.2, 0) is 11.2 Å². The van der Waals surface area contributed by atoms with E-state index in [-0.39, 0.29) is 11.8 Å². The quantitative estimate of drug-likeness (QED) is 0.841. The fourth-order valence-corrected chi connectivity index (χ4v) is 2.55. The van der Waals surface area contributed by atoms with Crippen LogP contribution in [0.15, 0.2) is 4.52 Å². The van der Waals surface area contributed by atoms with Crippen LogP contribution in [0.5, 0.6) is 0 Å². The van der Waals surface area contributed by atoms with Crippen LogP contribution in [0.3, 0.4) is 0 Å². The van der Waals surface area contributed by atoms with Crippen LogP contribution in [-0.4, -0.2) is 22.1 Å². The minimum Gasteiger partial charge on any atom is -0.353 e. The van der Waals surface area contributed by atoms with Crippen molar-refractivity contribution in [3.8, 4) is 0 Å². The van der Waals surface area contributed by atoms with Gasteiger partial charge < -0.3 is 9.84 Å². The van der Waals surface area contributed by atoms with Gasteiger partial charge in [-0.3, -0.25) is 4.79 Å². The van der Waals surface area contributed by atoms with E-state index < -0.39 is 0 Å². The first kappa shape index (κ1) is 15.0. The summed E-state index contributed by atoms with van der Waals surface area (Å²) in [6, 6.07) is 0.360. The van der Waals surface area contributed by atoms with E-state index in [1.807, 2.05) is 13.8 Å². The smallest absolute Gasteiger partial charge is 0.227 e. The number of hydrogen-bond acceptors (Lipinski definition) is 4. The number of rotatable bonds is 5. The average Bonchev–Trinajstić information content (AvgIpc) is 2.75. The maximum atomic E-state index is 11.9. The average molecular weight is 279 g/mol. The van der Waals surface area contributed by atoms with Gasteiger partial charge in [0.05, 0.1) is 0 Å². The Morgan fingerprint density at radius 1 is 1.30 bits per heavy atom. The van der Waals surface area contributed by atoms with E-state index in [0.717, 1.165) is 12.8 Å². The Hall–Kier alpha value is -1.39. The van der Waals surface area contributed by atoms with Crippen molar-refractivity contribution < 1.29 is 9.32 Å². The summed E-state index contributed by atoms with van der Waals surface area (Å²) < 4.78 is 5.15. The van der Waals surface area contributed by atoms with Gasteiger partial charge in [-0.2, -0.15) is 4.98 Å². The van der Waals surface area contributed by atoms with E-state index >= 15 is 0 Å². The van der Waals surface area contributed by atoms with Crippen molar-refractivity contribution in [2.24, 2.45) is 0 Å². The molecule has 0 bridgehead atoms. The summed E-state index contributed by atoms with van der Waals surface area (Å²) in [6.07, 6.45) is 8.24. The molecule has 0 spiro atoms. The Kier molecular flexibility index (Phi) is 5.56. The molecule has 1 saturated carbocycles. The first-order valence-corrected chi connectivity index (χ1v) is 7.77. The number of amides is 1. The molecule has 5 heteroatoms. The number of carbonyl (C=O) groups excluding carboxylic acids is 1. The van der Waals surface area contributed by atoms with Gasteiger partial charge in [-0.05, 0) is 12.8 Å². The van der Waals surface area contributed by atoms with Crippen LogP contribution in [0.1, 0.15) is 76.4 Å². The van der Waals surface area contributed by atoms with Crippen molar-refractivity contribution >= 4 is 5.91 Å². The van der Waals surface area contributed by atoms with Crippen LogP contribution in [0.2, 0.25) is 0 Å². The van der Waals surface area contributed by atoms with Crippen LogP contribution in [0.4, 0.5) is 0 Å². The lowest BCUT2D eigenvalue weighted by molar-refractivity contribution is -0.121. The highest BCUT2D eigenvalue weighted by Gasteiger charge is 2.16. The maximum absolute atomic E-state index is 11.9. The number of aryl methyl sites for hydroxylation is 1. The van der Waals surface area contributed by atoms with Gasteiger partial charge in [-0.25, -0.2) is 0 Å². The second-order valence-corrected chi connectivity index (χ2v) is 5.96. The summed E-state index contributed by atoms with van der Waals surface area (Å²) in [4.78, 5) is 16.2. The van der Waals surface area contributed by atoms with Crippen molar-refractivity contribution in [2.75, 3.05) is 0 Å². The van der Waals surface area contributed by atoms with Gasteiger partial charge >= 0.3 is 0 Å². The fraction of sp³-hybridized carbons (Fsp3) is 0.800. The minimum atomic E-state index is 0.0983. The van der Waals surface area contributed by atoms with E-state index in [1.54, 1.807) is 0 Å². The molecule has 1 aliphatic carbocycles. The normalized spacial score (nSPS) is 17.1. The van der Waals surface area contributed by atoms with Gasteiger partial charge in [0, 0.05) is 24.8 Å². The van der Waals surface area contributed by atoms with Gasteiger partial charge in [0.25, 0.3) is 0 Å². The number of hydrogen-bond donors (Lipinski definition) is 1. The van der Waals surface area contributed by atoms with E-state index in [9.17, 15) is 4.79 Å². The molecule has 1 aromatic heterocycles. The number of carbonyl (C=O) groups is 1. The zero-order valence-corrected chi connectivity index (χ0v) is 12.5. The Balaban J connectivity index is 1.73. The zero-order chi connectivity index (χ0) is 14.4. The zero-order valence-electron chi connectivity index (χ0n) is 12.5. The van der Waals surface area contributed by atoms with Crippen LogP contribution >= 0.6 is 0 Å². The molecule has 1 amide bonds. The largest absolute Gasteiger partial charge is 0.353 e. The third-order valence-corrected chi connectivity index (χ3v) is 3.79. The number of nitrogens with one attached hydrogen (secondary N) is 1. The molecule has 0 saturated heterocycles. The van der Waals surface area contributed by atoms with Crippen molar-refractivity contribution in [1.82, 2.24) is 15.5 Å². The Morgan fingerprint density at radius 3 is 2.60 bits per heavy atom. The molecule has 1 fully saturated rings. The molecule has 0 aromatic carbocycles. The second kappa shape index (κ2) is 7.41. The molecule has 0 atom stereocenters. The molecular weight excluding hydrogens is 254 g/mol. The molecule has 1 N–H and O–H groups in total. The molecule has 1 aromatic rings. The van der Waals surface area contributed by atoms with Crippen molar-refractivity contribution in [3.05, 3.63) is 11.7 Å². The standard InChI is InChI=1S/C15H25N3O2/c1-11(2)15-17-14(20-18-15)10-9-13(19)16-12-7-5-3-4-6-8-12/h11-12H,3-10H2,1-2H3,(H,16,19). The van der Waals surface area contributed by atoms with Crippen molar-refractivity contribution in [1.29, 1.82) is 0 Å². The predicted octanol–water partition coefficient (Wildman–Crippen LogP) is 2.96. The van der Waals surface area contributed by atoms with E-state index in [0.29, 0.717) is 30.6 Å². The molecule has 1 aliphatic rings. The molecule has 0 aliphatic heterocycles. The molecule has 20 heavy (non-hydrogen) atoms. The van der Waals surface area contributed by atoms with Gasteiger partial charge in [0.2, 0.25) is 11.8 Å². The Bertz CT molecular complexity index is 421. The van der Waals surface area contributed by atoms with E-state index in [4.69, 9.17) is 4.52 Å². The van der Waals surface area contributed by atoms with Crippen LogP contribution in [0, 0.1) is 0 Å². The first-order chi connectivity index (χ1) is 9.65. The summed E-state index contributed by atoms with van der Waals surface area (Å²) in [5.41, 5.74) is 0. The van der Waals surface area contributed by atoms with Gasteiger partial charge in [0.15, 0.2) is 5.82 Å². The topological polar surface area (TPSA) is 68.0 Å². The Labute approximate surface area is 120 Å². The fourth-order valence-electron chi connectivity index (χ4n) is 2.55. The Morgan fingerprint density at radius 2 is 2.00 bits per heavy atom. The van der Waals surface area contributed by atoms with Crippen molar-refractivity contribution in [2.45, 2.75) is 77.2 Å². The van der Waals surface area contributed by atoms with Gasteiger partial charge in [0.1, 0.15) is 0 Å². The molecule has 0 unspecified atom stereocenters. The minimum absolute atomic E-state index is 0.0983. The highest BCUT2D eigenvalue weighted by molar-refractivity contribution is 5.76. The summed E-state index contributed by atoms with van der Waals surface area (Å²) in [7, 11) is 0. The lowest BCUT2D eigenvalue weighted by atomic mass is 10.1. The molecule has 112 valence electrons. The summed E-state index contributed by atoms with van der Waals surface area (Å²) >= 11 is 0. The summed E-state index contributed by atoms with van der Waals surface area (Å²) in [6.45, 7) is 4.04. The highest BCUT2D eigenvalue weighted by Crippen LogP contribution is 2.17. The molecular formula is C15H25N3O2. The molecule has 5 nitrogen and oxygen atoms in total. The third kappa shape index (κ3) is 4.62. The monoisotopic (exact) mass is 279 g/mol. The molecule has 2 rings (SSSR count). The maximum Gasteiger partial charge on any atom is 0.227 e. The lowest BCUT2D eigenvalue weighted by Crippen LogP contribution is -2.34. The summed E-state index contributed by atoms with van der Waals surface area (Å²) in [5, 5.41) is 7.03. The first-order valence-electron chi connectivity index (χ1n) is 7.77. The van der Waals surface area contributed by atoms with E-state index in [2.05, 4.69) is 15.5 Å². The van der Waals surface area contributed by atoms with E-state index in [1.165, 1.54) is 25.7 Å². The second-order valence-electron chi connectivity index (χ2n) is 5.96. The predicted molar refractivity (Wildman–Crippen MR) is 76.3 cm³/mol. The van der Waals surface area contributed by atoms with Gasteiger partial charge in [-0.1, -0.05) is 44.7 Å². The molecule has 1 heterocycles. The lowest BCUT2D eigenvalue weighted by Gasteiger charge is -2.15. The summed E-state index contributed by atoms with van der Waals surface area (Å²) in [5.74, 6) is 1.63.